The number of piperidine rings is 2. The van der Waals surface area contributed by atoms with E-state index in [0.717, 1.165) is 45.4 Å². The zero-order valence-corrected chi connectivity index (χ0v) is 11.1. The van der Waals surface area contributed by atoms with Crippen LogP contribution in [0.1, 0.15) is 39.0 Å². The molecular weight excluding hydrogens is 212 g/mol. The Labute approximate surface area is 105 Å². The maximum absolute atomic E-state index is 12.7. The van der Waals surface area contributed by atoms with Crippen LogP contribution in [0.4, 0.5) is 0 Å². The summed E-state index contributed by atoms with van der Waals surface area (Å²) < 4.78 is 0. The van der Waals surface area contributed by atoms with Crippen LogP contribution in [0, 0.1) is 17.8 Å². The molecule has 17 heavy (non-hydrogen) atoms. The molecule has 99 valence electrons. The molecule has 3 nitrogen and oxygen atoms in total. The maximum Gasteiger partial charge on any atom is 0.0990 e. The number of rotatable bonds is 4. The summed E-state index contributed by atoms with van der Waals surface area (Å²) in [5.41, 5.74) is 0. The zero-order valence-electron chi connectivity index (χ0n) is 11.1. The van der Waals surface area contributed by atoms with E-state index in [4.69, 9.17) is 0 Å². The van der Waals surface area contributed by atoms with Gasteiger partial charge in [-0.15, -0.1) is 0 Å². The predicted molar refractivity (Wildman–Crippen MR) is 69.4 cm³/mol. The highest BCUT2D eigenvalue weighted by atomic mass is 16.3. The highest BCUT2D eigenvalue weighted by molar-refractivity contribution is 4.85. The minimum Gasteiger partial charge on any atom is -0.317 e. The van der Waals surface area contributed by atoms with E-state index in [1.165, 1.54) is 12.8 Å². The van der Waals surface area contributed by atoms with Gasteiger partial charge < -0.3 is 10.6 Å². The first-order valence-electron chi connectivity index (χ1n) is 7.40. The first-order valence-corrected chi connectivity index (χ1v) is 7.40. The van der Waals surface area contributed by atoms with Crippen molar-refractivity contribution in [1.82, 2.24) is 10.6 Å². The predicted octanol–water partition coefficient (Wildman–Crippen LogP) is 1.81. The first-order chi connectivity index (χ1) is 8.33. The Morgan fingerprint density at radius 1 is 1.06 bits per heavy atom. The normalized spacial score (nSPS) is 31.1. The molecule has 2 rings (SSSR count). The van der Waals surface area contributed by atoms with Crippen LogP contribution in [0.25, 0.3) is 0 Å². The van der Waals surface area contributed by atoms with E-state index in [1.807, 2.05) is 0 Å². The van der Waals surface area contributed by atoms with Gasteiger partial charge >= 0.3 is 0 Å². The van der Waals surface area contributed by atoms with Gasteiger partial charge in [0.25, 0.3) is 0 Å². The van der Waals surface area contributed by atoms with Crippen LogP contribution in [0.5, 0.6) is 0 Å². The van der Waals surface area contributed by atoms with Crippen LogP contribution in [0.3, 0.4) is 0 Å². The lowest BCUT2D eigenvalue weighted by Crippen LogP contribution is -2.43. The van der Waals surface area contributed by atoms with Crippen molar-refractivity contribution >= 4 is 0 Å². The molecule has 2 N–H and O–H groups in total. The molecule has 0 aromatic rings. The Kier molecular flexibility index (Phi) is 5.26. The van der Waals surface area contributed by atoms with Gasteiger partial charge in [0.1, 0.15) is 0 Å². The second-order valence-electron chi connectivity index (χ2n) is 5.73. The summed E-state index contributed by atoms with van der Waals surface area (Å²) >= 11 is 0. The second-order valence-corrected chi connectivity index (χ2v) is 5.73. The molecule has 0 aromatic carbocycles. The van der Waals surface area contributed by atoms with E-state index in [-0.39, 0.29) is 6.10 Å². The summed E-state index contributed by atoms with van der Waals surface area (Å²) in [6.07, 6.45) is 5.42. The van der Waals surface area contributed by atoms with Gasteiger partial charge in [-0.1, -0.05) is 13.3 Å². The van der Waals surface area contributed by atoms with Crippen LogP contribution in [0.2, 0.25) is 0 Å². The van der Waals surface area contributed by atoms with Crippen molar-refractivity contribution < 1.29 is 5.11 Å². The Morgan fingerprint density at radius 3 is 2.41 bits per heavy atom. The monoisotopic (exact) mass is 239 g/mol. The number of hydrogen-bond acceptors (Lipinski definition) is 2. The number of hydrogen-bond donors (Lipinski definition) is 2. The SMILES string of the molecule is CCC(C1CCCNC1)C([O])C1CCNCC1. The molecule has 2 aliphatic rings. The summed E-state index contributed by atoms with van der Waals surface area (Å²) in [5, 5.41) is 19.5. The second kappa shape index (κ2) is 6.72. The largest absolute Gasteiger partial charge is 0.317 e. The lowest BCUT2D eigenvalue weighted by atomic mass is 9.75. The minimum atomic E-state index is -0.327. The molecule has 3 heteroatoms. The molecule has 1 radical (unpaired) electrons. The topological polar surface area (TPSA) is 44.0 Å². The molecule has 2 fully saturated rings. The van der Waals surface area contributed by atoms with Gasteiger partial charge in [-0.2, -0.15) is 0 Å². The third kappa shape index (κ3) is 3.43. The summed E-state index contributed by atoms with van der Waals surface area (Å²) in [4.78, 5) is 0. The lowest BCUT2D eigenvalue weighted by Gasteiger charge is -2.37. The molecule has 0 aromatic heterocycles. The highest BCUT2D eigenvalue weighted by Crippen LogP contribution is 2.32. The van der Waals surface area contributed by atoms with E-state index >= 15 is 0 Å². The van der Waals surface area contributed by atoms with E-state index < -0.39 is 0 Å². The van der Waals surface area contributed by atoms with E-state index in [1.54, 1.807) is 0 Å². The van der Waals surface area contributed by atoms with Crippen LogP contribution < -0.4 is 10.6 Å². The average molecular weight is 239 g/mol. The molecule has 0 amide bonds. The Hall–Kier alpha value is -0.120. The molecule has 3 atom stereocenters. The van der Waals surface area contributed by atoms with Gasteiger partial charge in [0.2, 0.25) is 0 Å². The molecule has 0 saturated carbocycles. The molecule has 0 spiro atoms. The van der Waals surface area contributed by atoms with Crippen molar-refractivity contribution in [3.8, 4) is 0 Å². The van der Waals surface area contributed by atoms with Crippen LogP contribution in [-0.4, -0.2) is 32.3 Å². The van der Waals surface area contributed by atoms with Gasteiger partial charge in [0, 0.05) is 0 Å². The summed E-state index contributed by atoms with van der Waals surface area (Å²) in [6.45, 7) is 6.50. The van der Waals surface area contributed by atoms with Gasteiger partial charge in [0.15, 0.2) is 0 Å². The fraction of sp³-hybridized carbons (Fsp3) is 1.00. The van der Waals surface area contributed by atoms with Gasteiger partial charge in [0.05, 0.1) is 6.10 Å². The lowest BCUT2D eigenvalue weighted by molar-refractivity contribution is -0.0445. The Bertz CT molecular complexity index is 210. The molecule has 3 unspecified atom stereocenters. The standard InChI is InChI=1S/C14H27N2O/c1-2-13(12-4-3-7-16-10-12)14(17)11-5-8-15-9-6-11/h11-16H,2-10H2,1H3. The Balaban J connectivity index is 1.90. The average Bonchev–Trinajstić information content (AvgIpc) is 2.42. The molecule has 0 bridgehead atoms. The summed E-state index contributed by atoms with van der Waals surface area (Å²) in [5.74, 6) is 1.44. The van der Waals surface area contributed by atoms with Gasteiger partial charge in [-0.25, -0.2) is 5.11 Å². The van der Waals surface area contributed by atoms with Gasteiger partial charge in [-0.3, -0.25) is 0 Å². The van der Waals surface area contributed by atoms with Crippen molar-refractivity contribution in [2.45, 2.75) is 45.1 Å². The van der Waals surface area contributed by atoms with Crippen molar-refractivity contribution in [3.63, 3.8) is 0 Å². The fourth-order valence-electron chi connectivity index (χ4n) is 3.60. The van der Waals surface area contributed by atoms with E-state index in [9.17, 15) is 5.11 Å². The molecule has 2 heterocycles. The molecular formula is C14H27N2O. The van der Waals surface area contributed by atoms with Crippen LogP contribution in [0.15, 0.2) is 0 Å². The third-order valence-electron chi connectivity index (χ3n) is 4.68. The smallest absolute Gasteiger partial charge is 0.0990 e. The van der Waals surface area contributed by atoms with E-state index in [2.05, 4.69) is 17.6 Å². The fourth-order valence-corrected chi connectivity index (χ4v) is 3.60. The van der Waals surface area contributed by atoms with Gasteiger partial charge in [-0.05, 0) is 69.6 Å². The summed E-state index contributed by atoms with van der Waals surface area (Å²) in [7, 11) is 0. The maximum atomic E-state index is 12.7. The van der Waals surface area contributed by atoms with Crippen LogP contribution >= 0.6 is 0 Å². The zero-order chi connectivity index (χ0) is 12.1. The highest BCUT2D eigenvalue weighted by Gasteiger charge is 2.34. The number of nitrogens with one attached hydrogen (secondary N) is 2. The molecule has 2 aliphatic heterocycles. The molecule has 2 saturated heterocycles. The van der Waals surface area contributed by atoms with Crippen molar-refractivity contribution in [2.24, 2.45) is 17.8 Å². The van der Waals surface area contributed by atoms with Crippen molar-refractivity contribution in [3.05, 3.63) is 0 Å². The third-order valence-corrected chi connectivity index (χ3v) is 4.68. The summed E-state index contributed by atoms with van der Waals surface area (Å²) in [6, 6.07) is 0. The van der Waals surface area contributed by atoms with Crippen molar-refractivity contribution in [2.75, 3.05) is 26.2 Å². The minimum absolute atomic E-state index is 0.327. The van der Waals surface area contributed by atoms with Crippen molar-refractivity contribution in [1.29, 1.82) is 0 Å². The first kappa shape index (κ1) is 13.3. The van der Waals surface area contributed by atoms with E-state index in [0.29, 0.717) is 17.8 Å². The Morgan fingerprint density at radius 2 is 1.82 bits per heavy atom. The quantitative estimate of drug-likeness (QED) is 0.786. The van der Waals surface area contributed by atoms with Crippen LogP contribution in [-0.2, 0) is 5.11 Å². The molecule has 0 aliphatic carbocycles.